The fraction of sp³-hybridized carbons (Fsp3) is 0.625. The van der Waals surface area contributed by atoms with E-state index < -0.39 is 18.6 Å². The van der Waals surface area contributed by atoms with Gasteiger partial charge in [0.1, 0.15) is 0 Å². The molecule has 0 radical (unpaired) electrons. The zero-order valence-corrected chi connectivity index (χ0v) is 12.2. The van der Waals surface area contributed by atoms with Crippen LogP contribution in [0.3, 0.4) is 0 Å². The number of rotatable bonds is 3. The van der Waals surface area contributed by atoms with Gasteiger partial charge in [-0.3, -0.25) is 0 Å². The van der Waals surface area contributed by atoms with Crippen LogP contribution in [-0.2, 0) is 0 Å². The fourth-order valence-corrected chi connectivity index (χ4v) is 2.29. The van der Waals surface area contributed by atoms with Crippen LogP contribution in [0, 0.1) is 17.6 Å². The summed E-state index contributed by atoms with van der Waals surface area (Å²) in [5.41, 5.74) is 0. The van der Waals surface area contributed by atoms with Gasteiger partial charge in [-0.2, -0.15) is 8.78 Å². The van der Waals surface area contributed by atoms with E-state index in [0.29, 0.717) is 5.92 Å². The number of halogens is 4. The molecular formula is C16H26F4O2. The first-order valence-corrected chi connectivity index (χ1v) is 6.84. The molecule has 0 spiro atoms. The molecule has 1 aliphatic rings. The van der Waals surface area contributed by atoms with E-state index in [1.165, 1.54) is 19.2 Å². The highest BCUT2D eigenvalue weighted by Gasteiger charge is 2.22. The van der Waals surface area contributed by atoms with Gasteiger partial charge in [-0.25, -0.2) is 8.78 Å². The second-order valence-electron chi connectivity index (χ2n) is 4.99. The quantitative estimate of drug-likeness (QED) is 0.664. The minimum absolute atomic E-state index is 0. The molecule has 2 rings (SSSR count). The number of hydrogen-bond donors (Lipinski definition) is 0. The molecule has 0 aliphatic heterocycles. The van der Waals surface area contributed by atoms with Crippen molar-refractivity contribution >= 4 is 0 Å². The van der Waals surface area contributed by atoms with E-state index in [0.717, 1.165) is 25.7 Å². The third-order valence-corrected chi connectivity index (χ3v) is 3.49. The topological polar surface area (TPSA) is 18.5 Å². The van der Waals surface area contributed by atoms with Crippen LogP contribution in [0.5, 0.6) is 11.5 Å². The van der Waals surface area contributed by atoms with Crippen molar-refractivity contribution in [3.05, 3.63) is 23.8 Å². The van der Waals surface area contributed by atoms with E-state index in [4.69, 9.17) is 9.47 Å². The summed E-state index contributed by atoms with van der Waals surface area (Å²) in [5, 5.41) is 0. The van der Waals surface area contributed by atoms with E-state index in [1.54, 1.807) is 0 Å². The molecule has 0 atom stereocenters. The van der Waals surface area contributed by atoms with Gasteiger partial charge < -0.3 is 9.47 Å². The maximum Gasteiger partial charge on any atom is 0.229 e. The summed E-state index contributed by atoms with van der Waals surface area (Å²) in [6, 6.07) is 2.81. The van der Waals surface area contributed by atoms with Crippen molar-refractivity contribution in [2.45, 2.75) is 46.1 Å². The Balaban J connectivity index is 0. The zero-order chi connectivity index (χ0) is 15.8. The highest BCUT2D eigenvalue weighted by molar-refractivity contribution is 5.35. The molecule has 22 heavy (non-hydrogen) atoms. The summed E-state index contributed by atoms with van der Waals surface area (Å²) in [6.45, 7) is 0.448. The molecule has 0 heterocycles. The Kier molecular flexibility index (Phi) is 9.61. The minimum atomic E-state index is -1.75. The molecule has 1 aliphatic carbocycles. The van der Waals surface area contributed by atoms with E-state index in [9.17, 15) is 17.6 Å². The van der Waals surface area contributed by atoms with Crippen LogP contribution in [0.1, 0.15) is 41.5 Å². The van der Waals surface area contributed by atoms with Crippen molar-refractivity contribution in [2.24, 2.45) is 5.92 Å². The summed E-state index contributed by atoms with van der Waals surface area (Å²) < 4.78 is 56.7. The smallest absolute Gasteiger partial charge is 0.229 e. The zero-order valence-electron chi connectivity index (χ0n) is 12.2. The second kappa shape index (κ2) is 10.3. The van der Waals surface area contributed by atoms with Gasteiger partial charge in [0.2, 0.25) is 18.6 Å². The molecule has 2 nitrogen and oxygen atoms in total. The molecule has 0 aromatic heterocycles. The molecule has 0 amide bonds. The Hall–Kier alpha value is -1.46. The van der Waals surface area contributed by atoms with Crippen LogP contribution >= 0.6 is 0 Å². The molecule has 1 aromatic rings. The van der Waals surface area contributed by atoms with Gasteiger partial charge in [0.15, 0.2) is 11.5 Å². The average molecular weight is 326 g/mol. The summed E-state index contributed by atoms with van der Waals surface area (Å²) in [5.74, 6) is -1.38. The normalized spacial score (nSPS) is 20.3. The van der Waals surface area contributed by atoms with Crippen LogP contribution in [0.4, 0.5) is 17.6 Å². The lowest BCUT2D eigenvalue weighted by molar-refractivity contribution is 0.129. The molecule has 0 saturated heterocycles. The van der Waals surface area contributed by atoms with Gasteiger partial charge in [0.05, 0.1) is 13.2 Å². The maximum atomic E-state index is 13.7. The van der Waals surface area contributed by atoms with Crippen molar-refractivity contribution in [3.63, 3.8) is 0 Å². The van der Waals surface area contributed by atoms with Gasteiger partial charge in [-0.15, -0.1) is 0 Å². The first-order chi connectivity index (χ1) is 10.0. The van der Waals surface area contributed by atoms with Crippen molar-refractivity contribution < 1.29 is 28.5 Å². The summed E-state index contributed by atoms with van der Waals surface area (Å²) in [4.78, 5) is 0. The largest absolute Gasteiger partial charge is 0.494 e. The Morgan fingerprint density at radius 1 is 1.05 bits per heavy atom. The van der Waals surface area contributed by atoms with Gasteiger partial charge in [-0.05, 0) is 43.7 Å². The predicted molar refractivity (Wildman–Crippen MR) is 80.9 cm³/mol. The van der Waals surface area contributed by atoms with E-state index in [1.807, 2.05) is 0 Å². The monoisotopic (exact) mass is 326 g/mol. The van der Waals surface area contributed by atoms with Crippen LogP contribution in [-0.4, -0.2) is 20.1 Å². The number of benzene rings is 1. The summed E-state index contributed by atoms with van der Waals surface area (Å²) in [7, 11) is 1.31. The summed E-state index contributed by atoms with van der Waals surface area (Å²) in [6.07, 6.45) is 3.93. The molecule has 1 saturated carbocycles. The lowest BCUT2D eigenvalue weighted by Gasteiger charge is -2.27. The molecule has 1 fully saturated rings. The number of methoxy groups -OCH3 is 1. The second-order valence-corrected chi connectivity index (χ2v) is 4.99. The third kappa shape index (κ3) is 5.73. The molecule has 1 aromatic carbocycles. The lowest BCUT2D eigenvalue weighted by Crippen LogP contribution is -2.23. The van der Waals surface area contributed by atoms with E-state index >= 15 is 0 Å². The Labute approximate surface area is 130 Å². The van der Waals surface area contributed by atoms with Crippen LogP contribution in [0.25, 0.3) is 0 Å². The highest BCUT2D eigenvalue weighted by Crippen LogP contribution is 2.31. The Morgan fingerprint density at radius 2 is 1.50 bits per heavy atom. The standard InChI is InChI=1S/C14H18F2O2.CH2F2.CH4.H2/c1-9-3-5-10(6-4-9)18-12-8-7-11(17-2)13(15)14(12)16;2-1-3;;/h7-10H,3-6H2,1-2H3;1H2;1H4;1H. The fourth-order valence-electron chi connectivity index (χ4n) is 2.29. The lowest BCUT2D eigenvalue weighted by atomic mass is 9.89. The van der Waals surface area contributed by atoms with Gasteiger partial charge in [0, 0.05) is 1.43 Å². The molecule has 6 heteroatoms. The van der Waals surface area contributed by atoms with E-state index in [-0.39, 0.29) is 26.5 Å². The maximum absolute atomic E-state index is 13.7. The molecule has 130 valence electrons. The van der Waals surface area contributed by atoms with Gasteiger partial charge in [-0.1, -0.05) is 14.4 Å². The first-order valence-electron chi connectivity index (χ1n) is 6.84. The third-order valence-electron chi connectivity index (χ3n) is 3.49. The van der Waals surface area contributed by atoms with Gasteiger partial charge in [0.25, 0.3) is 0 Å². The first kappa shape index (κ1) is 20.5. The van der Waals surface area contributed by atoms with Gasteiger partial charge >= 0.3 is 0 Å². The van der Waals surface area contributed by atoms with Crippen molar-refractivity contribution in [1.82, 2.24) is 0 Å². The highest BCUT2D eigenvalue weighted by atomic mass is 19.3. The summed E-state index contributed by atoms with van der Waals surface area (Å²) >= 11 is 0. The number of ether oxygens (including phenoxy) is 2. The number of alkyl halides is 2. The van der Waals surface area contributed by atoms with Crippen LogP contribution < -0.4 is 9.47 Å². The van der Waals surface area contributed by atoms with Crippen LogP contribution in [0.2, 0.25) is 0 Å². The van der Waals surface area contributed by atoms with Crippen molar-refractivity contribution in [1.29, 1.82) is 0 Å². The Bertz CT molecular complexity index is 438. The van der Waals surface area contributed by atoms with Crippen molar-refractivity contribution in [2.75, 3.05) is 14.0 Å². The Morgan fingerprint density at radius 3 is 2.00 bits per heavy atom. The predicted octanol–water partition coefficient (Wildman–Crippen LogP) is 5.70. The van der Waals surface area contributed by atoms with Crippen molar-refractivity contribution in [3.8, 4) is 11.5 Å². The molecule has 0 N–H and O–H groups in total. The SMILES string of the molecule is C.COc1ccc(OC2CCC(C)CC2)c(F)c1F.FCF.[HH]. The molecule has 0 unspecified atom stereocenters. The molecule has 0 bridgehead atoms. The molecular weight excluding hydrogens is 300 g/mol. The van der Waals surface area contributed by atoms with Crippen LogP contribution in [0.15, 0.2) is 12.1 Å². The number of hydrogen-bond acceptors (Lipinski definition) is 2. The average Bonchev–Trinajstić information content (AvgIpc) is 2.47. The van der Waals surface area contributed by atoms with E-state index in [2.05, 4.69) is 6.92 Å². The minimum Gasteiger partial charge on any atom is -0.494 e.